The second kappa shape index (κ2) is 11.6. The molecule has 2 aliphatic heterocycles. The van der Waals surface area contributed by atoms with Crippen LogP contribution in [0.15, 0.2) is 41.3 Å². The van der Waals surface area contributed by atoms with Crippen LogP contribution in [-0.4, -0.2) is 54.4 Å². The zero-order chi connectivity index (χ0) is 29.5. The predicted octanol–water partition coefficient (Wildman–Crippen LogP) is 5.32. The highest BCUT2D eigenvalue weighted by Crippen LogP contribution is 2.37. The number of carbonyl (C=O) groups is 2. The van der Waals surface area contributed by atoms with Gasteiger partial charge in [-0.15, -0.1) is 0 Å². The summed E-state index contributed by atoms with van der Waals surface area (Å²) in [6, 6.07) is 9.38. The second-order valence-electron chi connectivity index (χ2n) is 10.6. The summed E-state index contributed by atoms with van der Waals surface area (Å²) in [7, 11) is -3.83. The van der Waals surface area contributed by atoms with Crippen LogP contribution in [0.25, 0.3) is 11.6 Å². The number of piperidine rings is 1. The third-order valence-corrected chi connectivity index (χ3v) is 10.2. The Bertz CT molecular complexity index is 1650. The van der Waals surface area contributed by atoms with Crippen molar-refractivity contribution < 1.29 is 23.1 Å². The van der Waals surface area contributed by atoms with Crippen LogP contribution in [-0.2, 0) is 31.6 Å². The first-order valence-corrected chi connectivity index (χ1v) is 15.8. The number of hydrogen-bond donors (Lipinski definition) is 3. The first kappa shape index (κ1) is 29.4. The molecule has 11 heteroatoms. The Morgan fingerprint density at radius 3 is 2.46 bits per heavy atom. The molecule has 1 aromatic heterocycles. The minimum absolute atomic E-state index is 0.0541. The lowest BCUT2D eigenvalue weighted by Gasteiger charge is -2.29. The van der Waals surface area contributed by atoms with Crippen LogP contribution in [0.3, 0.4) is 0 Å². The Balaban J connectivity index is 1.39. The van der Waals surface area contributed by atoms with E-state index in [1.807, 2.05) is 13.8 Å². The molecule has 1 fully saturated rings. The van der Waals surface area contributed by atoms with Crippen LogP contribution in [0.4, 0.5) is 5.69 Å². The zero-order valence-electron chi connectivity index (χ0n) is 22.8. The number of aliphatic hydroxyl groups is 1. The number of amides is 2. The summed E-state index contributed by atoms with van der Waals surface area (Å²) in [5.74, 6) is -0.646. The standard InChI is InChI=1S/C30H31Cl2N3O5S/c1-17-21(7-9-29(37)35-12-10-19(36)11-13-35)18(2)33-28(17)15-23-22-14-20(6-8-27(22)34-30(23)38)41(39,40)16-24-25(31)4-3-5-26(24)32/h3-6,8,14-15,19,33,36H,7,9-13,16H2,1-2H3,(H,34,38). The fraction of sp³-hybridized carbons (Fsp3) is 0.333. The smallest absolute Gasteiger partial charge is 0.256 e. The Hall–Kier alpha value is -3.11. The van der Waals surface area contributed by atoms with Crippen LogP contribution in [0, 0.1) is 13.8 Å². The van der Waals surface area contributed by atoms with Gasteiger partial charge in [0.1, 0.15) is 0 Å². The van der Waals surface area contributed by atoms with E-state index in [9.17, 15) is 23.1 Å². The molecule has 2 aliphatic rings. The van der Waals surface area contributed by atoms with Gasteiger partial charge in [0, 0.05) is 57.8 Å². The van der Waals surface area contributed by atoms with Gasteiger partial charge in [-0.05, 0) is 80.6 Å². The molecule has 216 valence electrons. The van der Waals surface area contributed by atoms with Gasteiger partial charge >= 0.3 is 0 Å². The highest BCUT2D eigenvalue weighted by Gasteiger charge is 2.28. The molecule has 3 N–H and O–H groups in total. The van der Waals surface area contributed by atoms with Gasteiger partial charge in [0.25, 0.3) is 5.91 Å². The maximum Gasteiger partial charge on any atom is 0.256 e. The van der Waals surface area contributed by atoms with Gasteiger partial charge < -0.3 is 20.3 Å². The Morgan fingerprint density at radius 1 is 1.10 bits per heavy atom. The highest BCUT2D eigenvalue weighted by molar-refractivity contribution is 7.90. The molecule has 2 aromatic carbocycles. The van der Waals surface area contributed by atoms with E-state index >= 15 is 0 Å². The summed E-state index contributed by atoms with van der Waals surface area (Å²) in [4.78, 5) is 30.9. The van der Waals surface area contributed by atoms with E-state index in [4.69, 9.17) is 23.2 Å². The predicted molar refractivity (Wildman–Crippen MR) is 161 cm³/mol. The molecule has 0 radical (unpaired) electrons. The third-order valence-electron chi connectivity index (χ3n) is 7.86. The number of H-pyrrole nitrogens is 1. The van der Waals surface area contributed by atoms with Crippen molar-refractivity contribution in [2.75, 3.05) is 18.4 Å². The first-order chi connectivity index (χ1) is 19.4. The fourth-order valence-electron chi connectivity index (χ4n) is 5.43. The van der Waals surface area contributed by atoms with Crippen molar-refractivity contribution in [3.63, 3.8) is 0 Å². The number of halogens is 2. The molecule has 0 aliphatic carbocycles. The molecule has 2 amide bonds. The number of rotatable bonds is 7. The Morgan fingerprint density at radius 2 is 1.78 bits per heavy atom. The van der Waals surface area contributed by atoms with E-state index in [0.29, 0.717) is 61.2 Å². The quantitative estimate of drug-likeness (QED) is 0.311. The minimum Gasteiger partial charge on any atom is -0.393 e. The average Bonchev–Trinajstić information content (AvgIpc) is 3.38. The van der Waals surface area contributed by atoms with Crippen LogP contribution < -0.4 is 5.32 Å². The fourth-order valence-corrected chi connectivity index (χ4v) is 7.55. The number of anilines is 1. The highest BCUT2D eigenvalue weighted by atomic mass is 35.5. The van der Waals surface area contributed by atoms with Gasteiger partial charge in [0.05, 0.1) is 22.3 Å². The molecular weight excluding hydrogens is 585 g/mol. The largest absolute Gasteiger partial charge is 0.393 e. The molecule has 0 unspecified atom stereocenters. The van der Waals surface area contributed by atoms with Gasteiger partial charge in [-0.25, -0.2) is 8.42 Å². The number of benzene rings is 2. The van der Waals surface area contributed by atoms with E-state index in [-0.39, 0.29) is 38.6 Å². The van der Waals surface area contributed by atoms with Gasteiger partial charge in [0.15, 0.2) is 9.84 Å². The molecule has 0 bridgehead atoms. The van der Waals surface area contributed by atoms with Crippen molar-refractivity contribution in [3.8, 4) is 0 Å². The summed E-state index contributed by atoms with van der Waals surface area (Å²) in [6.07, 6.45) is 3.50. The van der Waals surface area contributed by atoms with E-state index in [0.717, 1.165) is 22.5 Å². The monoisotopic (exact) mass is 615 g/mol. The molecule has 0 spiro atoms. The average molecular weight is 617 g/mol. The lowest BCUT2D eigenvalue weighted by Crippen LogP contribution is -2.40. The summed E-state index contributed by atoms with van der Waals surface area (Å²) in [5.41, 5.74) is 5.23. The van der Waals surface area contributed by atoms with Crippen molar-refractivity contribution in [2.45, 2.75) is 56.3 Å². The lowest BCUT2D eigenvalue weighted by molar-refractivity contribution is -0.133. The van der Waals surface area contributed by atoms with Crippen molar-refractivity contribution >= 4 is 62.2 Å². The normalized spacial score (nSPS) is 16.8. The number of aliphatic hydroxyl groups excluding tert-OH is 1. The first-order valence-electron chi connectivity index (χ1n) is 13.4. The number of aryl methyl sites for hydroxylation is 1. The maximum absolute atomic E-state index is 13.3. The molecule has 5 rings (SSSR count). The van der Waals surface area contributed by atoms with E-state index in [1.165, 1.54) is 12.1 Å². The number of sulfone groups is 1. The van der Waals surface area contributed by atoms with E-state index in [2.05, 4.69) is 10.3 Å². The van der Waals surface area contributed by atoms with Crippen molar-refractivity contribution in [1.82, 2.24) is 9.88 Å². The lowest BCUT2D eigenvalue weighted by atomic mass is 10.0. The topological polar surface area (TPSA) is 120 Å². The number of likely N-dealkylation sites (tertiary alicyclic amines) is 1. The number of carbonyl (C=O) groups excluding carboxylic acids is 2. The number of aromatic amines is 1. The molecular formula is C30H31Cl2N3O5S. The molecule has 1 saturated heterocycles. The van der Waals surface area contributed by atoms with Crippen LogP contribution in [0.1, 0.15) is 52.9 Å². The molecule has 0 saturated carbocycles. The van der Waals surface area contributed by atoms with Crippen molar-refractivity contribution in [2.24, 2.45) is 0 Å². The Labute approximate surface area is 249 Å². The third kappa shape index (κ3) is 6.09. The summed E-state index contributed by atoms with van der Waals surface area (Å²) in [6.45, 7) is 5.01. The molecule has 3 aromatic rings. The van der Waals surface area contributed by atoms with Crippen molar-refractivity contribution in [3.05, 3.63) is 80.1 Å². The van der Waals surface area contributed by atoms with Crippen molar-refractivity contribution in [1.29, 1.82) is 0 Å². The molecule has 0 atom stereocenters. The second-order valence-corrected chi connectivity index (χ2v) is 13.4. The summed E-state index contributed by atoms with van der Waals surface area (Å²) < 4.78 is 26.6. The molecule has 8 nitrogen and oxygen atoms in total. The SMILES string of the molecule is Cc1[nH]c(C=C2C(=O)Nc3ccc(S(=O)(=O)Cc4c(Cl)cccc4Cl)cc32)c(C)c1CCC(=O)N1CCC(O)CC1. The van der Waals surface area contributed by atoms with E-state index in [1.54, 1.807) is 35.2 Å². The number of aromatic nitrogens is 1. The van der Waals surface area contributed by atoms with Crippen LogP contribution >= 0.6 is 23.2 Å². The minimum atomic E-state index is -3.83. The zero-order valence-corrected chi connectivity index (χ0v) is 25.1. The van der Waals surface area contributed by atoms with Gasteiger partial charge in [-0.1, -0.05) is 29.3 Å². The van der Waals surface area contributed by atoms with Gasteiger partial charge in [-0.2, -0.15) is 0 Å². The number of nitrogens with zero attached hydrogens (tertiary/aromatic N) is 1. The number of hydrogen-bond acceptors (Lipinski definition) is 5. The number of nitrogens with one attached hydrogen (secondary N) is 2. The van der Waals surface area contributed by atoms with E-state index < -0.39 is 9.84 Å². The summed E-state index contributed by atoms with van der Waals surface area (Å²) in [5, 5.41) is 13.1. The van der Waals surface area contributed by atoms with Crippen LogP contribution in [0.5, 0.6) is 0 Å². The molecule has 3 heterocycles. The number of fused-ring (bicyclic) bond motifs is 1. The Kier molecular flexibility index (Phi) is 8.34. The molecule has 41 heavy (non-hydrogen) atoms. The van der Waals surface area contributed by atoms with Gasteiger partial charge in [0.2, 0.25) is 5.91 Å². The summed E-state index contributed by atoms with van der Waals surface area (Å²) >= 11 is 12.4. The van der Waals surface area contributed by atoms with Gasteiger partial charge in [-0.3, -0.25) is 9.59 Å². The maximum atomic E-state index is 13.3. The van der Waals surface area contributed by atoms with Crippen LogP contribution in [0.2, 0.25) is 10.0 Å².